The molecule has 2 nitrogen and oxygen atoms in total. The van der Waals surface area contributed by atoms with Crippen LogP contribution in [-0.2, 0) is 0 Å². The molecule has 1 rings (SSSR count). The molecule has 0 aromatic carbocycles. The van der Waals surface area contributed by atoms with Gasteiger partial charge in [-0.2, -0.15) is 0 Å². The lowest BCUT2D eigenvalue weighted by Crippen LogP contribution is -2.32. The minimum absolute atomic E-state index is 0.372. The van der Waals surface area contributed by atoms with Crippen molar-refractivity contribution in [2.75, 3.05) is 32.7 Å². The van der Waals surface area contributed by atoms with E-state index in [1.54, 1.807) is 5.57 Å². The summed E-state index contributed by atoms with van der Waals surface area (Å²) in [6.45, 7) is 15.1. The molecule has 0 aromatic rings. The van der Waals surface area contributed by atoms with Crippen LogP contribution in [0.5, 0.6) is 0 Å². The number of hydrogen-bond donors (Lipinski definition) is 1. The Bertz CT molecular complexity index is 238. The molecule has 0 bridgehead atoms. The molecule has 1 aliphatic rings. The highest BCUT2D eigenvalue weighted by atomic mass is 15.1. The maximum atomic E-state index is 3.38. The zero-order valence-corrected chi connectivity index (χ0v) is 12.2. The van der Waals surface area contributed by atoms with Crippen LogP contribution in [-0.4, -0.2) is 37.6 Å². The molecule has 0 aromatic heterocycles. The summed E-state index contributed by atoms with van der Waals surface area (Å²) in [7, 11) is 0. The standard InChI is InChI=1S/C15H30N2/c1-5-16-10-6-7-11-17-12-8-14(9-13-17)15(2,3)4/h8,16H,5-7,9-13H2,1-4H3. The Morgan fingerprint density at radius 1 is 1.29 bits per heavy atom. The predicted octanol–water partition coefficient (Wildman–Crippen LogP) is 3.05. The minimum atomic E-state index is 0.372. The summed E-state index contributed by atoms with van der Waals surface area (Å²) < 4.78 is 0. The third-order valence-corrected chi connectivity index (χ3v) is 3.58. The van der Waals surface area contributed by atoms with Crippen molar-refractivity contribution in [1.82, 2.24) is 10.2 Å². The van der Waals surface area contributed by atoms with Crippen molar-refractivity contribution in [2.24, 2.45) is 5.41 Å². The van der Waals surface area contributed by atoms with Gasteiger partial charge in [-0.3, -0.25) is 4.90 Å². The first-order chi connectivity index (χ1) is 8.04. The Kier molecular flexibility index (Phi) is 6.21. The third-order valence-electron chi connectivity index (χ3n) is 3.58. The first kappa shape index (κ1) is 14.7. The van der Waals surface area contributed by atoms with Gasteiger partial charge in [0.1, 0.15) is 0 Å². The quantitative estimate of drug-likeness (QED) is 0.565. The van der Waals surface area contributed by atoms with Crippen molar-refractivity contribution in [2.45, 2.75) is 47.0 Å². The SMILES string of the molecule is CCNCCCCN1CC=C(C(C)(C)C)CC1. The maximum Gasteiger partial charge on any atom is 0.0166 e. The lowest BCUT2D eigenvalue weighted by Gasteiger charge is -2.32. The lowest BCUT2D eigenvalue weighted by molar-refractivity contribution is 0.273. The van der Waals surface area contributed by atoms with Crippen molar-refractivity contribution in [3.05, 3.63) is 11.6 Å². The topological polar surface area (TPSA) is 15.3 Å². The summed E-state index contributed by atoms with van der Waals surface area (Å²) in [5.41, 5.74) is 2.01. The maximum absolute atomic E-state index is 3.38. The fourth-order valence-corrected chi connectivity index (χ4v) is 2.36. The molecule has 17 heavy (non-hydrogen) atoms. The van der Waals surface area contributed by atoms with Crippen LogP contribution in [0.4, 0.5) is 0 Å². The summed E-state index contributed by atoms with van der Waals surface area (Å²) >= 11 is 0. The Morgan fingerprint density at radius 2 is 2.06 bits per heavy atom. The van der Waals surface area contributed by atoms with Crippen molar-refractivity contribution in [1.29, 1.82) is 0 Å². The highest BCUT2D eigenvalue weighted by Gasteiger charge is 2.20. The molecule has 0 atom stereocenters. The van der Waals surface area contributed by atoms with E-state index in [0.717, 1.165) is 13.1 Å². The van der Waals surface area contributed by atoms with Gasteiger partial charge in [0.2, 0.25) is 0 Å². The Labute approximate surface area is 107 Å². The van der Waals surface area contributed by atoms with Crippen LogP contribution in [0.3, 0.4) is 0 Å². The largest absolute Gasteiger partial charge is 0.317 e. The first-order valence-corrected chi connectivity index (χ1v) is 7.16. The van der Waals surface area contributed by atoms with Crippen molar-refractivity contribution in [3.63, 3.8) is 0 Å². The average Bonchev–Trinajstić information content (AvgIpc) is 2.28. The second-order valence-electron chi connectivity index (χ2n) is 6.09. The van der Waals surface area contributed by atoms with E-state index in [9.17, 15) is 0 Å². The summed E-state index contributed by atoms with van der Waals surface area (Å²) in [6.07, 6.45) is 6.34. The molecule has 0 fully saturated rings. The van der Waals surface area contributed by atoms with Gasteiger partial charge in [-0.15, -0.1) is 0 Å². The molecule has 0 spiro atoms. The lowest BCUT2D eigenvalue weighted by atomic mass is 9.83. The molecule has 2 heteroatoms. The summed E-state index contributed by atoms with van der Waals surface area (Å²) in [4.78, 5) is 2.58. The Hall–Kier alpha value is -0.340. The Balaban J connectivity index is 2.17. The van der Waals surface area contributed by atoms with Crippen LogP contribution >= 0.6 is 0 Å². The fraction of sp³-hybridized carbons (Fsp3) is 0.867. The van der Waals surface area contributed by atoms with Crippen molar-refractivity contribution in [3.8, 4) is 0 Å². The van der Waals surface area contributed by atoms with Crippen LogP contribution in [0.2, 0.25) is 0 Å². The van der Waals surface area contributed by atoms with E-state index in [0.29, 0.717) is 5.41 Å². The van der Waals surface area contributed by atoms with Crippen LogP contribution in [0.15, 0.2) is 11.6 Å². The van der Waals surface area contributed by atoms with E-state index in [4.69, 9.17) is 0 Å². The second-order valence-corrected chi connectivity index (χ2v) is 6.09. The van der Waals surface area contributed by atoms with Crippen LogP contribution in [0.1, 0.15) is 47.0 Å². The molecule has 0 saturated heterocycles. The highest BCUT2D eigenvalue weighted by molar-refractivity contribution is 5.14. The predicted molar refractivity (Wildman–Crippen MR) is 76.4 cm³/mol. The minimum Gasteiger partial charge on any atom is -0.317 e. The van der Waals surface area contributed by atoms with Crippen molar-refractivity contribution >= 4 is 0 Å². The molecular weight excluding hydrogens is 208 g/mol. The Morgan fingerprint density at radius 3 is 2.59 bits per heavy atom. The molecule has 0 aliphatic carbocycles. The van der Waals surface area contributed by atoms with Gasteiger partial charge in [-0.1, -0.05) is 39.3 Å². The molecule has 100 valence electrons. The number of unbranched alkanes of at least 4 members (excludes halogenated alkanes) is 1. The molecule has 0 amide bonds. The molecular formula is C15H30N2. The molecule has 0 unspecified atom stereocenters. The monoisotopic (exact) mass is 238 g/mol. The summed E-state index contributed by atoms with van der Waals surface area (Å²) in [5.74, 6) is 0. The van der Waals surface area contributed by atoms with Gasteiger partial charge >= 0.3 is 0 Å². The van der Waals surface area contributed by atoms with E-state index in [-0.39, 0.29) is 0 Å². The highest BCUT2D eigenvalue weighted by Crippen LogP contribution is 2.29. The zero-order valence-electron chi connectivity index (χ0n) is 12.2. The number of nitrogens with zero attached hydrogens (tertiary/aromatic N) is 1. The number of nitrogens with one attached hydrogen (secondary N) is 1. The van der Waals surface area contributed by atoms with Gasteiger partial charge in [0.15, 0.2) is 0 Å². The van der Waals surface area contributed by atoms with Crippen molar-refractivity contribution < 1.29 is 0 Å². The third kappa shape index (κ3) is 5.69. The van der Waals surface area contributed by atoms with E-state index in [1.165, 1.54) is 38.9 Å². The summed E-state index contributed by atoms with van der Waals surface area (Å²) in [6, 6.07) is 0. The normalized spacial score (nSPS) is 18.2. The number of rotatable bonds is 6. The van der Waals surface area contributed by atoms with Crippen LogP contribution < -0.4 is 5.32 Å². The van der Waals surface area contributed by atoms with E-state index in [2.05, 4.69) is 44.0 Å². The van der Waals surface area contributed by atoms with Gasteiger partial charge in [0.25, 0.3) is 0 Å². The smallest absolute Gasteiger partial charge is 0.0166 e. The van der Waals surface area contributed by atoms with Crippen LogP contribution in [0, 0.1) is 5.41 Å². The molecule has 0 radical (unpaired) electrons. The molecule has 1 N–H and O–H groups in total. The first-order valence-electron chi connectivity index (χ1n) is 7.16. The molecule has 1 aliphatic heterocycles. The zero-order chi connectivity index (χ0) is 12.7. The second kappa shape index (κ2) is 7.17. The van der Waals surface area contributed by atoms with E-state index < -0.39 is 0 Å². The summed E-state index contributed by atoms with van der Waals surface area (Å²) in [5, 5.41) is 3.38. The van der Waals surface area contributed by atoms with Gasteiger partial charge in [-0.05, 0) is 44.3 Å². The van der Waals surface area contributed by atoms with Gasteiger partial charge < -0.3 is 5.32 Å². The van der Waals surface area contributed by atoms with Gasteiger partial charge in [0, 0.05) is 13.1 Å². The molecule has 0 saturated carbocycles. The van der Waals surface area contributed by atoms with Gasteiger partial charge in [0.05, 0.1) is 0 Å². The number of hydrogen-bond acceptors (Lipinski definition) is 2. The molecule has 1 heterocycles. The van der Waals surface area contributed by atoms with Crippen LogP contribution in [0.25, 0.3) is 0 Å². The van der Waals surface area contributed by atoms with E-state index >= 15 is 0 Å². The average molecular weight is 238 g/mol. The van der Waals surface area contributed by atoms with E-state index in [1.807, 2.05) is 0 Å². The fourth-order valence-electron chi connectivity index (χ4n) is 2.36. The van der Waals surface area contributed by atoms with Gasteiger partial charge in [-0.25, -0.2) is 0 Å².